The van der Waals surface area contributed by atoms with E-state index in [4.69, 9.17) is 14.7 Å². The van der Waals surface area contributed by atoms with Gasteiger partial charge in [-0.2, -0.15) is 0 Å². The van der Waals surface area contributed by atoms with Crippen LogP contribution in [0.2, 0.25) is 0 Å². The highest BCUT2D eigenvalue weighted by Gasteiger charge is 2.31. The van der Waals surface area contributed by atoms with Gasteiger partial charge in [0, 0.05) is 29.1 Å². The number of benzene rings is 1. The van der Waals surface area contributed by atoms with Crippen LogP contribution < -0.4 is 5.32 Å². The lowest BCUT2D eigenvalue weighted by atomic mass is 9.89. The highest BCUT2D eigenvalue weighted by molar-refractivity contribution is 7.26. The molecule has 3 aromatic heterocycles. The molecule has 1 aromatic carbocycles. The molecule has 160 valence electrons. The van der Waals surface area contributed by atoms with Crippen molar-refractivity contribution in [2.24, 2.45) is 0 Å². The second-order valence-electron chi connectivity index (χ2n) is 9.13. The van der Waals surface area contributed by atoms with E-state index >= 15 is 0 Å². The minimum Gasteiger partial charge on any atom is -0.370 e. The molecule has 0 aliphatic carbocycles. The van der Waals surface area contributed by atoms with Gasteiger partial charge in [0.2, 0.25) is 0 Å². The van der Waals surface area contributed by atoms with Gasteiger partial charge in [0.1, 0.15) is 17.0 Å². The van der Waals surface area contributed by atoms with Crippen molar-refractivity contribution in [1.82, 2.24) is 15.0 Å². The molecular weight excluding hydrogens is 404 g/mol. The number of thiophene rings is 1. The van der Waals surface area contributed by atoms with Crippen LogP contribution in [-0.2, 0) is 24.2 Å². The molecule has 0 spiro atoms. The molecule has 6 heteroatoms. The summed E-state index contributed by atoms with van der Waals surface area (Å²) in [6.07, 6.45) is 4.63. The van der Waals surface area contributed by atoms with E-state index in [1.807, 2.05) is 0 Å². The fraction of sp³-hybridized carbons (Fsp3) is 0.400. The van der Waals surface area contributed by atoms with E-state index in [2.05, 4.69) is 68.3 Å². The Morgan fingerprint density at radius 2 is 1.97 bits per heavy atom. The van der Waals surface area contributed by atoms with Gasteiger partial charge in [0.15, 0.2) is 0 Å². The average molecular weight is 433 g/mol. The summed E-state index contributed by atoms with van der Waals surface area (Å²) in [5, 5.41) is 4.81. The van der Waals surface area contributed by atoms with Gasteiger partial charge in [-0.25, -0.2) is 15.0 Å². The summed E-state index contributed by atoms with van der Waals surface area (Å²) in [6.45, 7) is 9.22. The number of hydrogen-bond donors (Lipinski definition) is 1. The Hall–Kier alpha value is -2.57. The summed E-state index contributed by atoms with van der Waals surface area (Å²) < 4.78 is 7.16. The molecule has 5 rings (SSSR count). The first kappa shape index (κ1) is 20.3. The monoisotopic (exact) mass is 432 g/mol. The lowest BCUT2D eigenvalue weighted by molar-refractivity contribution is -0.0400. The zero-order chi connectivity index (χ0) is 21.6. The number of rotatable bonds is 5. The Kier molecular flexibility index (Phi) is 5.15. The third kappa shape index (κ3) is 3.90. The van der Waals surface area contributed by atoms with E-state index in [0.717, 1.165) is 45.8 Å². The van der Waals surface area contributed by atoms with Crippen molar-refractivity contribution in [1.29, 1.82) is 0 Å². The van der Waals surface area contributed by atoms with Crippen molar-refractivity contribution in [3.63, 3.8) is 0 Å². The molecule has 0 saturated heterocycles. The van der Waals surface area contributed by atoms with Crippen LogP contribution in [0.25, 0.3) is 20.4 Å². The second kappa shape index (κ2) is 7.84. The first-order valence-corrected chi connectivity index (χ1v) is 11.7. The van der Waals surface area contributed by atoms with Gasteiger partial charge in [-0.05, 0) is 51.7 Å². The van der Waals surface area contributed by atoms with Gasteiger partial charge in [0.05, 0.1) is 22.4 Å². The van der Waals surface area contributed by atoms with Gasteiger partial charge in [-0.1, -0.05) is 30.3 Å². The Labute approximate surface area is 186 Å². The van der Waals surface area contributed by atoms with E-state index in [1.54, 1.807) is 17.7 Å². The molecule has 1 atom stereocenters. The summed E-state index contributed by atoms with van der Waals surface area (Å²) in [5.74, 6) is 0.909. The molecular formula is C25H28N4OS. The van der Waals surface area contributed by atoms with Crippen molar-refractivity contribution in [3.8, 4) is 0 Å². The Morgan fingerprint density at radius 3 is 2.77 bits per heavy atom. The van der Waals surface area contributed by atoms with Gasteiger partial charge in [-0.15, -0.1) is 11.3 Å². The summed E-state index contributed by atoms with van der Waals surface area (Å²) in [4.78, 5) is 15.2. The van der Waals surface area contributed by atoms with Crippen LogP contribution in [0.5, 0.6) is 0 Å². The maximum absolute atomic E-state index is 6.07. The minimum absolute atomic E-state index is 0.179. The maximum Gasteiger partial charge on any atom is 0.147 e. The predicted molar refractivity (Wildman–Crippen MR) is 128 cm³/mol. The molecule has 31 heavy (non-hydrogen) atoms. The Balaban J connectivity index is 1.50. The molecule has 4 aromatic rings. The Bertz CT molecular complexity index is 1250. The molecule has 1 aliphatic heterocycles. The maximum atomic E-state index is 6.07. The van der Waals surface area contributed by atoms with Crippen LogP contribution in [-0.4, -0.2) is 26.6 Å². The SMILES string of the molecule is Cc1nc2sc3c(N[C@H](C)CCc4ccccc4)ncnc3c2c2c1COC(C)(C)C2. The molecule has 0 fully saturated rings. The number of hydrogen-bond acceptors (Lipinski definition) is 6. The first-order valence-electron chi connectivity index (χ1n) is 10.9. The minimum atomic E-state index is -0.179. The summed E-state index contributed by atoms with van der Waals surface area (Å²) in [6, 6.07) is 10.9. The summed E-state index contributed by atoms with van der Waals surface area (Å²) in [5.41, 5.74) is 5.81. The lowest BCUT2D eigenvalue weighted by Gasteiger charge is -2.32. The van der Waals surface area contributed by atoms with E-state index in [9.17, 15) is 0 Å². The number of fused-ring (bicyclic) bond motifs is 5. The number of ether oxygens (including phenoxy) is 1. The number of nitrogens with one attached hydrogen (secondary N) is 1. The van der Waals surface area contributed by atoms with E-state index in [0.29, 0.717) is 12.6 Å². The highest BCUT2D eigenvalue weighted by atomic mass is 32.1. The zero-order valence-corrected chi connectivity index (χ0v) is 19.3. The molecule has 0 radical (unpaired) electrons. The lowest BCUT2D eigenvalue weighted by Crippen LogP contribution is -2.32. The van der Waals surface area contributed by atoms with Crippen LogP contribution in [0.15, 0.2) is 36.7 Å². The fourth-order valence-electron chi connectivity index (χ4n) is 4.40. The molecule has 0 amide bonds. The highest BCUT2D eigenvalue weighted by Crippen LogP contribution is 2.42. The van der Waals surface area contributed by atoms with Gasteiger partial charge in [-0.3, -0.25) is 0 Å². The summed E-state index contributed by atoms with van der Waals surface area (Å²) in [7, 11) is 0. The van der Waals surface area contributed by atoms with Gasteiger partial charge in [0.25, 0.3) is 0 Å². The molecule has 0 saturated carbocycles. The first-order chi connectivity index (χ1) is 14.9. The standard InChI is InChI=1S/C25H28N4OS/c1-15(10-11-17-8-6-5-7-9-17)28-23-22-21(26-14-27-23)20-18-12-25(3,4)30-13-19(18)16(2)29-24(20)31-22/h5-9,14-15H,10-13H2,1-4H3,(H,26,27,28)/t15-/m1/s1. The van der Waals surface area contributed by atoms with E-state index in [1.165, 1.54) is 22.1 Å². The van der Waals surface area contributed by atoms with Crippen LogP contribution in [0, 0.1) is 6.92 Å². The number of anilines is 1. The molecule has 1 aliphatic rings. The molecule has 0 unspecified atom stereocenters. The van der Waals surface area contributed by atoms with Crippen LogP contribution in [0.3, 0.4) is 0 Å². The molecule has 1 N–H and O–H groups in total. The quantitative estimate of drug-likeness (QED) is 0.430. The predicted octanol–water partition coefficient (Wildman–Crippen LogP) is 5.83. The molecule has 0 bridgehead atoms. The van der Waals surface area contributed by atoms with E-state index in [-0.39, 0.29) is 5.60 Å². The second-order valence-corrected chi connectivity index (χ2v) is 10.1. The van der Waals surface area contributed by atoms with Gasteiger partial charge >= 0.3 is 0 Å². The van der Waals surface area contributed by atoms with Crippen molar-refractivity contribution < 1.29 is 4.74 Å². The van der Waals surface area contributed by atoms with Crippen LogP contribution in [0.1, 0.15) is 49.6 Å². The van der Waals surface area contributed by atoms with Crippen LogP contribution in [0.4, 0.5) is 5.82 Å². The van der Waals surface area contributed by atoms with Crippen molar-refractivity contribution >= 4 is 37.6 Å². The number of nitrogens with zero attached hydrogens (tertiary/aromatic N) is 3. The van der Waals surface area contributed by atoms with Gasteiger partial charge < -0.3 is 10.1 Å². The van der Waals surface area contributed by atoms with Crippen LogP contribution >= 0.6 is 11.3 Å². The summed E-state index contributed by atoms with van der Waals surface area (Å²) >= 11 is 1.69. The van der Waals surface area contributed by atoms with Crippen molar-refractivity contribution in [2.75, 3.05) is 5.32 Å². The smallest absolute Gasteiger partial charge is 0.147 e. The Morgan fingerprint density at radius 1 is 1.16 bits per heavy atom. The van der Waals surface area contributed by atoms with Crippen molar-refractivity contribution in [2.45, 2.75) is 65.2 Å². The fourth-order valence-corrected chi connectivity index (χ4v) is 5.56. The van der Waals surface area contributed by atoms with Crippen molar-refractivity contribution in [3.05, 3.63) is 59.0 Å². The third-order valence-electron chi connectivity index (χ3n) is 6.13. The number of pyridine rings is 1. The largest absolute Gasteiger partial charge is 0.370 e. The zero-order valence-electron chi connectivity index (χ0n) is 18.5. The average Bonchev–Trinajstić information content (AvgIpc) is 3.12. The topological polar surface area (TPSA) is 59.9 Å². The number of aryl methyl sites for hydroxylation is 2. The van der Waals surface area contributed by atoms with E-state index < -0.39 is 0 Å². The molecule has 5 nitrogen and oxygen atoms in total. The third-order valence-corrected chi connectivity index (χ3v) is 7.21. The molecule has 4 heterocycles. The number of aromatic nitrogens is 3. The normalized spacial score (nSPS) is 16.4.